The summed E-state index contributed by atoms with van der Waals surface area (Å²) in [6.07, 6.45) is 15.9. The van der Waals surface area contributed by atoms with Crippen molar-refractivity contribution in [3.8, 4) is 23.0 Å². The third-order valence-electron chi connectivity index (χ3n) is 8.25. The summed E-state index contributed by atoms with van der Waals surface area (Å²) in [6.45, 7) is 0. The van der Waals surface area contributed by atoms with Crippen LogP contribution in [0.4, 0.5) is 11.4 Å². The van der Waals surface area contributed by atoms with Gasteiger partial charge in [0.1, 0.15) is 0 Å². The molecule has 0 bridgehead atoms. The number of carbonyl (C=O) groups is 2. The molecule has 0 spiro atoms. The standard InChI is InChI=1S/2C17H17Cl2N3O4.H2O/c2*1-25-15-9-22(24)13(6-14(15)26-10-4-2-3-5-10)17(23)21-16-11(18)7-20-8-12(16)19;/h2*6-10H,2-5H2,1H3,(H,20,21,23);1H2. The van der Waals surface area contributed by atoms with E-state index in [1.807, 2.05) is 0 Å². The normalized spacial score (nSPS) is 14.0. The highest BCUT2D eigenvalue weighted by Crippen LogP contribution is 2.34. The number of rotatable bonds is 10. The largest absolute Gasteiger partial charge is 0.618 e. The number of ether oxygens (including phenoxy) is 4. The number of amides is 2. The van der Waals surface area contributed by atoms with Crippen LogP contribution in [0.5, 0.6) is 23.0 Å². The zero-order valence-corrected chi connectivity index (χ0v) is 31.5. The average Bonchev–Trinajstić information content (AvgIpc) is 3.84. The second-order valence-electron chi connectivity index (χ2n) is 11.7. The number of carbonyl (C=O) groups excluding carboxylic acids is 2. The van der Waals surface area contributed by atoms with Crippen LogP contribution in [0.2, 0.25) is 20.1 Å². The van der Waals surface area contributed by atoms with Crippen molar-refractivity contribution in [3.05, 3.63) is 91.2 Å². The van der Waals surface area contributed by atoms with Crippen molar-refractivity contribution in [3.63, 3.8) is 0 Å². The van der Waals surface area contributed by atoms with Gasteiger partial charge in [0.25, 0.3) is 11.4 Å². The van der Waals surface area contributed by atoms with Gasteiger partial charge in [-0.15, -0.1) is 0 Å². The first-order valence-corrected chi connectivity index (χ1v) is 17.7. The number of pyridine rings is 4. The second-order valence-corrected chi connectivity index (χ2v) is 13.4. The summed E-state index contributed by atoms with van der Waals surface area (Å²) in [5, 5.41) is 30.2. The SMILES string of the molecule is COc1c[n+]([O-])c(C(=O)Nc2c(Cl)cncc2Cl)cc1OC1CCCC1.COc1c[n+]([O-])c(C(=O)Nc2c(Cl)cncc2Cl)cc1OC1CCCC1.O. The van der Waals surface area contributed by atoms with Crippen LogP contribution in [-0.2, 0) is 0 Å². The van der Waals surface area contributed by atoms with Gasteiger partial charge >= 0.3 is 11.8 Å². The molecule has 4 N–H and O–H groups in total. The summed E-state index contributed by atoms with van der Waals surface area (Å²) in [6, 6.07) is 2.73. The highest BCUT2D eigenvalue weighted by molar-refractivity contribution is 6.40. The van der Waals surface area contributed by atoms with Crippen LogP contribution in [0.25, 0.3) is 0 Å². The van der Waals surface area contributed by atoms with E-state index in [-0.39, 0.29) is 72.0 Å². The molecule has 0 saturated heterocycles. The number of methoxy groups -OCH3 is 2. The number of hydrogen-bond donors (Lipinski definition) is 2. The summed E-state index contributed by atoms with van der Waals surface area (Å²) < 4.78 is 23.1. The van der Waals surface area contributed by atoms with E-state index >= 15 is 0 Å². The molecular formula is C34H36Cl4N6O9. The molecule has 6 rings (SSSR count). The first-order chi connectivity index (χ1) is 25.0. The predicted octanol–water partition coefficient (Wildman–Crippen LogP) is 6.38. The lowest BCUT2D eigenvalue weighted by atomic mass is 10.2. The van der Waals surface area contributed by atoms with Crippen molar-refractivity contribution in [2.24, 2.45) is 0 Å². The van der Waals surface area contributed by atoms with Crippen molar-refractivity contribution >= 4 is 69.6 Å². The Hall–Kier alpha value is -4.54. The van der Waals surface area contributed by atoms with E-state index in [1.54, 1.807) is 0 Å². The Morgan fingerprint density at radius 2 is 0.962 bits per heavy atom. The molecule has 284 valence electrons. The van der Waals surface area contributed by atoms with Crippen LogP contribution in [-0.4, -0.2) is 53.7 Å². The van der Waals surface area contributed by atoms with Gasteiger partial charge in [0, 0.05) is 24.8 Å². The molecule has 4 aromatic rings. The molecule has 2 amide bonds. The first kappa shape index (κ1) is 41.2. The summed E-state index contributed by atoms with van der Waals surface area (Å²) in [5.41, 5.74) is 0.0373. The number of halogens is 4. The molecule has 4 heterocycles. The summed E-state index contributed by atoms with van der Waals surface area (Å²) in [4.78, 5) is 32.8. The van der Waals surface area contributed by atoms with Gasteiger partial charge < -0.3 is 45.5 Å². The molecule has 4 aromatic heterocycles. The number of aromatic nitrogens is 4. The third kappa shape index (κ3) is 10.3. The maximum atomic E-state index is 12.6. The lowest BCUT2D eigenvalue weighted by Gasteiger charge is -2.16. The first-order valence-electron chi connectivity index (χ1n) is 16.1. The summed E-state index contributed by atoms with van der Waals surface area (Å²) >= 11 is 24.0. The van der Waals surface area contributed by atoms with Gasteiger partial charge in [-0.25, -0.2) is 0 Å². The minimum Gasteiger partial charge on any atom is -0.618 e. The maximum Gasteiger partial charge on any atom is 0.322 e. The van der Waals surface area contributed by atoms with Crippen molar-refractivity contribution in [2.75, 3.05) is 24.9 Å². The minimum atomic E-state index is -0.672. The van der Waals surface area contributed by atoms with Crippen LogP contribution >= 0.6 is 46.4 Å². The molecule has 53 heavy (non-hydrogen) atoms. The highest BCUT2D eigenvalue weighted by atomic mass is 35.5. The van der Waals surface area contributed by atoms with Gasteiger partial charge in [0.15, 0.2) is 11.5 Å². The fourth-order valence-corrected chi connectivity index (χ4v) is 6.53. The summed E-state index contributed by atoms with van der Waals surface area (Å²) in [5.74, 6) is -0.109. The number of anilines is 2. The lowest BCUT2D eigenvalue weighted by Crippen LogP contribution is -2.37. The molecule has 0 aliphatic heterocycles. The fraction of sp³-hybridized carbons (Fsp3) is 0.353. The average molecular weight is 815 g/mol. The van der Waals surface area contributed by atoms with Crippen molar-refractivity contribution < 1.29 is 43.5 Å². The minimum absolute atomic E-state index is 0. The van der Waals surface area contributed by atoms with Crippen molar-refractivity contribution in [2.45, 2.75) is 63.6 Å². The van der Waals surface area contributed by atoms with Crippen LogP contribution < -0.4 is 39.0 Å². The third-order valence-corrected chi connectivity index (χ3v) is 9.39. The van der Waals surface area contributed by atoms with Crippen LogP contribution in [0.15, 0.2) is 49.3 Å². The maximum absolute atomic E-state index is 12.6. The van der Waals surface area contributed by atoms with Gasteiger partial charge in [0.2, 0.25) is 23.9 Å². The van der Waals surface area contributed by atoms with Gasteiger partial charge in [-0.2, -0.15) is 9.46 Å². The Balaban J connectivity index is 0.000000232. The van der Waals surface area contributed by atoms with E-state index in [0.29, 0.717) is 21.0 Å². The monoisotopic (exact) mass is 812 g/mol. The Bertz CT molecular complexity index is 1750. The molecule has 2 aliphatic rings. The molecule has 2 aliphatic carbocycles. The number of nitrogens with one attached hydrogen (secondary N) is 2. The lowest BCUT2D eigenvalue weighted by molar-refractivity contribution is -0.608. The second kappa shape index (κ2) is 19.0. The van der Waals surface area contributed by atoms with Gasteiger partial charge in [-0.1, -0.05) is 46.4 Å². The quantitative estimate of drug-likeness (QED) is 0.133. The molecular weight excluding hydrogens is 778 g/mol. The molecule has 19 heteroatoms. The number of hydrogen-bond acceptors (Lipinski definition) is 10. The van der Waals surface area contributed by atoms with E-state index in [1.165, 1.54) is 51.1 Å². The molecule has 2 saturated carbocycles. The molecule has 0 atom stereocenters. The Morgan fingerprint density at radius 3 is 1.26 bits per heavy atom. The molecule has 15 nitrogen and oxygen atoms in total. The van der Waals surface area contributed by atoms with Crippen molar-refractivity contribution in [1.82, 2.24) is 9.97 Å². The van der Waals surface area contributed by atoms with E-state index in [2.05, 4.69) is 20.6 Å². The highest BCUT2D eigenvalue weighted by Gasteiger charge is 2.27. The zero-order chi connectivity index (χ0) is 37.4. The molecule has 0 aromatic carbocycles. The van der Waals surface area contributed by atoms with Gasteiger partial charge in [-0.3, -0.25) is 19.6 Å². The number of nitrogens with zero attached hydrogens (tertiary/aromatic N) is 4. The Morgan fingerprint density at radius 1 is 0.642 bits per heavy atom. The topological polar surface area (TPSA) is 206 Å². The van der Waals surface area contributed by atoms with Crippen LogP contribution in [0.1, 0.15) is 72.3 Å². The molecule has 0 radical (unpaired) electrons. The van der Waals surface area contributed by atoms with Crippen molar-refractivity contribution in [1.29, 1.82) is 0 Å². The van der Waals surface area contributed by atoms with Gasteiger partial charge in [0.05, 0.1) is 70.0 Å². The van der Waals surface area contributed by atoms with Gasteiger partial charge in [-0.05, 0) is 51.4 Å². The van der Waals surface area contributed by atoms with E-state index in [9.17, 15) is 20.0 Å². The van der Waals surface area contributed by atoms with E-state index in [0.717, 1.165) is 63.8 Å². The molecule has 0 unspecified atom stereocenters. The Labute approximate surface area is 324 Å². The van der Waals surface area contributed by atoms with E-state index < -0.39 is 11.8 Å². The van der Waals surface area contributed by atoms with Crippen LogP contribution in [0.3, 0.4) is 0 Å². The Kier molecular flexibility index (Phi) is 14.8. The fourth-order valence-electron chi connectivity index (χ4n) is 5.61. The van der Waals surface area contributed by atoms with E-state index in [4.69, 9.17) is 65.4 Å². The summed E-state index contributed by atoms with van der Waals surface area (Å²) in [7, 11) is 2.88. The smallest absolute Gasteiger partial charge is 0.322 e. The predicted molar refractivity (Wildman–Crippen MR) is 198 cm³/mol. The molecule has 2 fully saturated rings. The van der Waals surface area contributed by atoms with Crippen LogP contribution in [0, 0.1) is 10.4 Å². The zero-order valence-electron chi connectivity index (χ0n) is 28.5.